The third-order valence-corrected chi connectivity index (χ3v) is 4.06. The van der Waals surface area contributed by atoms with Crippen LogP contribution in [0.3, 0.4) is 0 Å². The summed E-state index contributed by atoms with van der Waals surface area (Å²) in [6.45, 7) is 6.54. The molecule has 1 aromatic heterocycles. The van der Waals surface area contributed by atoms with Crippen molar-refractivity contribution in [1.82, 2.24) is 14.7 Å². The smallest absolute Gasteiger partial charge is 0.291 e. The molecule has 1 aromatic rings. The first-order valence-corrected chi connectivity index (χ1v) is 7.56. The molecule has 5 nitrogen and oxygen atoms in total. The van der Waals surface area contributed by atoms with Gasteiger partial charge >= 0.3 is 0 Å². The second-order valence-electron chi connectivity index (χ2n) is 5.80. The van der Waals surface area contributed by atoms with Crippen molar-refractivity contribution in [1.29, 1.82) is 0 Å². The molecule has 2 rings (SSSR count). The average Bonchev–Trinajstić information content (AvgIpc) is 3.20. The van der Waals surface area contributed by atoms with Crippen LogP contribution in [0.2, 0.25) is 5.02 Å². The molecule has 0 amide bonds. The van der Waals surface area contributed by atoms with Crippen LogP contribution in [0, 0.1) is 5.92 Å². The molecular formula is C14H23ClN4O. The van der Waals surface area contributed by atoms with Gasteiger partial charge in [0.25, 0.3) is 5.56 Å². The molecule has 1 heterocycles. The number of anilines is 1. The molecule has 1 saturated carbocycles. The molecule has 1 fully saturated rings. The summed E-state index contributed by atoms with van der Waals surface area (Å²) in [4.78, 5) is 14.5. The summed E-state index contributed by atoms with van der Waals surface area (Å²) in [7, 11) is 2.06. The fourth-order valence-electron chi connectivity index (χ4n) is 1.92. The molecule has 0 unspecified atom stereocenters. The highest BCUT2D eigenvalue weighted by Gasteiger charge is 2.23. The van der Waals surface area contributed by atoms with Gasteiger partial charge in [-0.2, -0.15) is 5.10 Å². The number of nitrogens with one attached hydrogen (secondary N) is 1. The molecule has 0 bridgehead atoms. The first-order chi connectivity index (χ1) is 9.49. The molecule has 112 valence electrons. The van der Waals surface area contributed by atoms with Gasteiger partial charge in [0.1, 0.15) is 5.69 Å². The highest BCUT2D eigenvalue weighted by Crippen LogP contribution is 2.30. The first kappa shape index (κ1) is 15.3. The van der Waals surface area contributed by atoms with Crippen molar-refractivity contribution in [3.05, 3.63) is 21.6 Å². The summed E-state index contributed by atoms with van der Waals surface area (Å²) in [6, 6.07) is 0.483. The first-order valence-electron chi connectivity index (χ1n) is 7.18. The van der Waals surface area contributed by atoms with Crippen LogP contribution in [-0.2, 0) is 6.54 Å². The normalized spacial score (nSPS) is 15.1. The van der Waals surface area contributed by atoms with Gasteiger partial charge in [-0.3, -0.25) is 4.79 Å². The van der Waals surface area contributed by atoms with E-state index in [9.17, 15) is 4.79 Å². The summed E-state index contributed by atoms with van der Waals surface area (Å²) in [5.74, 6) is 0.612. The van der Waals surface area contributed by atoms with E-state index in [0.717, 1.165) is 6.54 Å². The minimum Gasteiger partial charge on any atom is -0.378 e. The minimum absolute atomic E-state index is 0.114. The maximum absolute atomic E-state index is 12.3. The Kier molecular flexibility index (Phi) is 5.05. The maximum Gasteiger partial charge on any atom is 0.291 e. The van der Waals surface area contributed by atoms with Gasteiger partial charge in [-0.15, -0.1) is 0 Å². The molecule has 1 N–H and O–H groups in total. The third-order valence-electron chi connectivity index (χ3n) is 3.77. The lowest BCUT2D eigenvalue weighted by molar-refractivity contribution is 0.284. The van der Waals surface area contributed by atoms with Crippen LogP contribution in [0.25, 0.3) is 0 Å². The Hall–Kier alpha value is -1.07. The molecule has 20 heavy (non-hydrogen) atoms. The molecule has 0 atom stereocenters. The number of halogens is 1. The zero-order valence-corrected chi connectivity index (χ0v) is 13.2. The van der Waals surface area contributed by atoms with E-state index in [-0.39, 0.29) is 5.56 Å². The zero-order valence-electron chi connectivity index (χ0n) is 12.4. The summed E-state index contributed by atoms with van der Waals surface area (Å²) in [5, 5.41) is 7.66. The Morgan fingerprint density at radius 2 is 2.25 bits per heavy atom. The highest BCUT2D eigenvalue weighted by atomic mass is 35.5. The third kappa shape index (κ3) is 3.96. The molecule has 0 spiro atoms. The Bertz CT molecular complexity index is 510. The second-order valence-corrected chi connectivity index (χ2v) is 6.21. The Balaban J connectivity index is 2.00. The van der Waals surface area contributed by atoms with Crippen molar-refractivity contribution in [2.24, 2.45) is 5.92 Å². The van der Waals surface area contributed by atoms with E-state index in [1.807, 2.05) is 0 Å². The van der Waals surface area contributed by atoms with Crippen molar-refractivity contribution in [2.75, 3.05) is 25.5 Å². The van der Waals surface area contributed by atoms with Gasteiger partial charge in [0.2, 0.25) is 0 Å². The lowest BCUT2D eigenvalue weighted by Gasteiger charge is -2.21. The molecular weight excluding hydrogens is 276 g/mol. The molecule has 1 aliphatic carbocycles. The van der Waals surface area contributed by atoms with E-state index in [1.54, 1.807) is 6.20 Å². The lowest BCUT2D eigenvalue weighted by atomic mass is 10.3. The van der Waals surface area contributed by atoms with Gasteiger partial charge in [0.15, 0.2) is 0 Å². The van der Waals surface area contributed by atoms with Crippen LogP contribution in [0.5, 0.6) is 0 Å². The Labute approximate surface area is 124 Å². The topological polar surface area (TPSA) is 50.2 Å². The lowest BCUT2D eigenvalue weighted by Crippen LogP contribution is -2.33. The van der Waals surface area contributed by atoms with Gasteiger partial charge in [-0.25, -0.2) is 4.68 Å². The Morgan fingerprint density at radius 1 is 1.55 bits per heavy atom. The van der Waals surface area contributed by atoms with E-state index in [0.29, 0.717) is 35.8 Å². The standard InChI is InChI=1S/C14H23ClN4O/c1-10(2)18(3)7-6-16-13-12(15)8-17-19(14(13)20)9-11-4-5-11/h8,10-11,16H,4-7,9H2,1-3H3. The number of hydrogen-bond donors (Lipinski definition) is 1. The molecule has 0 aromatic carbocycles. The number of aromatic nitrogens is 2. The SMILES string of the molecule is CC(C)N(C)CCNc1c(Cl)cnn(CC2CC2)c1=O. The predicted octanol–water partition coefficient (Wildman–Crippen LogP) is 2.06. The number of rotatable bonds is 7. The minimum atomic E-state index is -0.114. The fraction of sp³-hybridized carbons (Fsp3) is 0.714. The molecule has 0 radical (unpaired) electrons. The second kappa shape index (κ2) is 6.59. The zero-order chi connectivity index (χ0) is 14.7. The van der Waals surface area contributed by atoms with Crippen molar-refractivity contribution in [3.8, 4) is 0 Å². The molecule has 0 saturated heterocycles. The summed E-state index contributed by atoms with van der Waals surface area (Å²) >= 11 is 6.08. The molecule has 1 aliphatic rings. The molecule has 0 aliphatic heterocycles. The maximum atomic E-state index is 12.3. The fourth-order valence-corrected chi connectivity index (χ4v) is 2.11. The van der Waals surface area contributed by atoms with E-state index in [4.69, 9.17) is 11.6 Å². The van der Waals surface area contributed by atoms with Crippen LogP contribution in [0.15, 0.2) is 11.0 Å². The molecule has 6 heteroatoms. The van der Waals surface area contributed by atoms with Crippen LogP contribution in [0.1, 0.15) is 26.7 Å². The highest BCUT2D eigenvalue weighted by molar-refractivity contribution is 6.32. The van der Waals surface area contributed by atoms with Gasteiger partial charge in [0.05, 0.1) is 11.2 Å². The van der Waals surface area contributed by atoms with E-state index >= 15 is 0 Å². The van der Waals surface area contributed by atoms with Gasteiger partial charge in [-0.05, 0) is 39.7 Å². The number of likely N-dealkylation sites (N-methyl/N-ethyl adjacent to an activating group) is 1. The van der Waals surface area contributed by atoms with Crippen molar-refractivity contribution in [3.63, 3.8) is 0 Å². The van der Waals surface area contributed by atoms with Gasteiger partial charge < -0.3 is 10.2 Å². The van der Waals surface area contributed by atoms with Crippen molar-refractivity contribution >= 4 is 17.3 Å². The number of nitrogens with zero attached hydrogens (tertiary/aromatic N) is 3. The largest absolute Gasteiger partial charge is 0.378 e. The van der Waals surface area contributed by atoms with Gasteiger partial charge in [-0.1, -0.05) is 11.6 Å². The average molecular weight is 299 g/mol. The summed E-state index contributed by atoms with van der Waals surface area (Å²) < 4.78 is 1.53. The monoisotopic (exact) mass is 298 g/mol. The van der Waals surface area contributed by atoms with E-state index in [2.05, 4.69) is 36.2 Å². The van der Waals surface area contributed by atoms with Crippen molar-refractivity contribution < 1.29 is 0 Å². The Morgan fingerprint density at radius 3 is 2.85 bits per heavy atom. The summed E-state index contributed by atoms with van der Waals surface area (Å²) in [6.07, 6.45) is 3.94. The number of hydrogen-bond acceptors (Lipinski definition) is 4. The quantitative estimate of drug-likeness (QED) is 0.837. The van der Waals surface area contributed by atoms with Crippen LogP contribution in [0.4, 0.5) is 5.69 Å². The van der Waals surface area contributed by atoms with Gasteiger partial charge in [0, 0.05) is 25.7 Å². The van der Waals surface area contributed by atoms with Crippen LogP contribution in [-0.4, -0.2) is 40.9 Å². The predicted molar refractivity (Wildman–Crippen MR) is 82.5 cm³/mol. The van der Waals surface area contributed by atoms with Crippen molar-refractivity contribution in [2.45, 2.75) is 39.3 Å². The van der Waals surface area contributed by atoms with Crippen LogP contribution < -0.4 is 10.9 Å². The van der Waals surface area contributed by atoms with Crippen LogP contribution >= 0.6 is 11.6 Å². The van der Waals surface area contributed by atoms with E-state index < -0.39 is 0 Å². The van der Waals surface area contributed by atoms with E-state index in [1.165, 1.54) is 17.5 Å². The summed E-state index contributed by atoms with van der Waals surface area (Å²) in [5.41, 5.74) is 0.357.